The quantitative estimate of drug-likeness (QED) is 0.800. The van der Waals surface area contributed by atoms with Crippen molar-refractivity contribution in [2.45, 2.75) is 43.2 Å². The summed E-state index contributed by atoms with van der Waals surface area (Å²) in [5.41, 5.74) is 0.896. The molecule has 0 amide bonds. The molecule has 1 N–H and O–H groups in total. The lowest BCUT2D eigenvalue weighted by atomic mass is 10.3. The van der Waals surface area contributed by atoms with Gasteiger partial charge in [0.15, 0.2) is 9.84 Å². The van der Waals surface area contributed by atoms with Gasteiger partial charge in [-0.2, -0.15) is 0 Å². The monoisotopic (exact) mass is 261 g/mol. The fraction of sp³-hybridized carbons (Fsp3) is 0.636. The average Bonchev–Trinajstić information content (AvgIpc) is 2.66. The van der Waals surface area contributed by atoms with Crippen LogP contribution in [0.5, 0.6) is 0 Å². The van der Waals surface area contributed by atoms with Gasteiger partial charge < -0.3 is 5.32 Å². The topological polar surface area (TPSA) is 46.2 Å². The number of rotatable bonds is 6. The summed E-state index contributed by atoms with van der Waals surface area (Å²) >= 11 is 1.31. The SMILES string of the molecule is CCCNCc1ccsc1S(=O)(=O)C(C)C. The minimum atomic E-state index is -3.12. The average molecular weight is 261 g/mol. The third-order valence-corrected chi connectivity index (χ3v) is 6.08. The van der Waals surface area contributed by atoms with E-state index in [0.717, 1.165) is 18.5 Å². The van der Waals surface area contributed by atoms with Crippen molar-refractivity contribution in [2.75, 3.05) is 6.54 Å². The van der Waals surface area contributed by atoms with Crippen molar-refractivity contribution >= 4 is 21.2 Å². The molecular formula is C11H19NO2S2. The second-order valence-electron chi connectivity index (χ2n) is 4.00. The zero-order valence-electron chi connectivity index (χ0n) is 9.99. The second-order valence-corrected chi connectivity index (χ2v) is 7.62. The van der Waals surface area contributed by atoms with E-state index in [2.05, 4.69) is 12.2 Å². The minimum absolute atomic E-state index is 0.351. The van der Waals surface area contributed by atoms with Gasteiger partial charge >= 0.3 is 0 Å². The molecule has 0 radical (unpaired) electrons. The number of nitrogens with one attached hydrogen (secondary N) is 1. The van der Waals surface area contributed by atoms with Gasteiger partial charge in [-0.1, -0.05) is 6.92 Å². The first-order chi connectivity index (χ1) is 7.50. The summed E-state index contributed by atoms with van der Waals surface area (Å²) in [7, 11) is -3.12. The summed E-state index contributed by atoms with van der Waals surface area (Å²) in [4.78, 5) is 0. The zero-order valence-corrected chi connectivity index (χ0v) is 11.6. The van der Waals surface area contributed by atoms with Crippen LogP contribution in [0.25, 0.3) is 0 Å². The number of sulfone groups is 1. The molecule has 1 rings (SSSR count). The maximum absolute atomic E-state index is 12.0. The van der Waals surface area contributed by atoms with E-state index in [0.29, 0.717) is 10.8 Å². The van der Waals surface area contributed by atoms with Crippen molar-refractivity contribution in [1.29, 1.82) is 0 Å². The van der Waals surface area contributed by atoms with Crippen LogP contribution >= 0.6 is 11.3 Å². The van der Waals surface area contributed by atoms with E-state index in [9.17, 15) is 8.42 Å². The Bertz CT molecular complexity index is 421. The van der Waals surface area contributed by atoms with Gasteiger partial charge in [0.05, 0.1) is 5.25 Å². The van der Waals surface area contributed by atoms with Crippen LogP contribution in [0, 0.1) is 0 Å². The maximum Gasteiger partial charge on any atom is 0.190 e. The van der Waals surface area contributed by atoms with E-state index < -0.39 is 9.84 Å². The van der Waals surface area contributed by atoms with Crippen molar-refractivity contribution in [2.24, 2.45) is 0 Å². The Morgan fingerprint density at radius 3 is 2.69 bits per heavy atom. The standard InChI is InChI=1S/C11H19NO2S2/c1-4-6-12-8-10-5-7-15-11(10)16(13,14)9(2)3/h5,7,9,12H,4,6,8H2,1-3H3. The Morgan fingerprint density at radius 1 is 1.44 bits per heavy atom. The predicted molar refractivity (Wildman–Crippen MR) is 68.6 cm³/mol. The Kier molecular flexibility index (Phi) is 4.95. The molecule has 0 aliphatic heterocycles. The van der Waals surface area contributed by atoms with Crippen LogP contribution in [-0.4, -0.2) is 20.2 Å². The second kappa shape index (κ2) is 5.80. The summed E-state index contributed by atoms with van der Waals surface area (Å²) in [5.74, 6) is 0. The van der Waals surface area contributed by atoms with Crippen molar-refractivity contribution in [3.05, 3.63) is 17.0 Å². The Morgan fingerprint density at radius 2 is 2.12 bits per heavy atom. The molecule has 0 aliphatic rings. The summed E-state index contributed by atoms with van der Waals surface area (Å²) in [6.45, 7) is 7.08. The Hall–Kier alpha value is -0.390. The predicted octanol–water partition coefficient (Wildman–Crippen LogP) is 2.43. The van der Waals surface area contributed by atoms with Crippen molar-refractivity contribution in [3.63, 3.8) is 0 Å². The maximum atomic E-state index is 12.0. The van der Waals surface area contributed by atoms with Crippen molar-refractivity contribution in [1.82, 2.24) is 5.32 Å². The molecular weight excluding hydrogens is 242 g/mol. The molecule has 0 unspecified atom stereocenters. The lowest BCUT2D eigenvalue weighted by Crippen LogP contribution is -2.18. The molecule has 1 aromatic heterocycles. The van der Waals surface area contributed by atoms with Crippen LogP contribution < -0.4 is 5.32 Å². The van der Waals surface area contributed by atoms with Crippen LogP contribution in [0.2, 0.25) is 0 Å². The van der Waals surface area contributed by atoms with Gasteiger partial charge in [-0.15, -0.1) is 11.3 Å². The third-order valence-electron chi connectivity index (χ3n) is 2.33. The van der Waals surface area contributed by atoms with Crippen molar-refractivity contribution < 1.29 is 8.42 Å². The van der Waals surface area contributed by atoms with Crippen LogP contribution in [0.4, 0.5) is 0 Å². The molecule has 1 aromatic rings. The van der Waals surface area contributed by atoms with E-state index in [-0.39, 0.29) is 5.25 Å². The highest BCUT2D eigenvalue weighted by Gasteiger charge is 2.23. The first-order valence-electron chi connectivity index (χ1n) is 5.51. The Labute approximate surface area is 102 Å². The highest BCUT2D eigenvalue weighted by Crippen LogP contribution is 2.26. The largest absolute Gasteiger partial charge is 0.313 e. The van der Waals surface area contributed by atoms with Gasteiger partial charge in [-0.05, 0) is 43.8 Å². The van der Waals surface area contributed by atoms with Crippen LogP contribution in [0.15, 0.2) is 15.7 Å². The van der Waals surface area contributed by atoms with Gasteiger partial charge in [-0.3, -0.25) is 0 Å². The molecule has 0 saturated carbocycles. The van der Waals surface area contributed by atoms with E-state index in [1.165, 1.54) is 11.3 Å². The van der Waals surface area contributed by atoms with E-state index in [1.807, 2.05) is 11.4 Å². The number of hydrogen-bond acceptors (Lipinski definition) is 4. The molecule has 0 bridgehead atoms. The first kappa shape index (κ1) is 13.7. The third kappa shape index (κ3) is 3.06. The molecule has 0 aliphatic carbocycles. The summed E-state index contributed by atoms with van der Waals surface area (Å²) in [6, 6.07) is 1.89. The molecule has 0 saturated heterocycles. The molecule has 0 spiro atoms. The zero-order chi connectivity index (χ0) is 12.2. The van der Waals surface area contributed by atoms with E-state index in [4.69, 9.17) is 0 Å². The minimum Gasteiger partial charge on any atom is -0.313 e. The van der Waals surface area contributed by atoms with Gasteiger partial charge in [0.25, 0.3) is 0 Å². The van der Waals surface area contributed by atoms with Gasteiger partial charge in [-0.25, -0.2) is 8.42 Å². The van der Waals surface area contributed by atoms with E-state index >= 15 is 0 Å². The summed E-state index contributed by atoms with van der Waals surface area (Å²) in [5, 5.41) is 4.73. The molecule has 92 valence electrons. The molecule has 0 atom stereocenters. The van der Waals surface area contributed by atoms with Gasteiger partial charge in [0, 0.05) is 6.54 Å². The lowest BCUT2D eigenvalue weighted by Gasteiger charge is -2.09. The first-order valence-corrected chi connectivity index (χ1v) is 7.93. The van der Waals surface area contributed by atoms with Gasteiger partial charge in [0.1, 0.15) is 4.21 Å². The molecule has 5 heteroatoms. The smallest absolute Gasteiger partial charge is 0.190 e. The fourth-order valence-electron chi connectivity index (χ4n) is 1.32. The molecule has 1 heterocycles. The van der Waals surface area contributed by atoms with Gasteiger partial charge in [0.2, 0.25) is 0 Å². The fourth-order valence-corrected chi connectivity index (χ4v) is 4.18. The number of thiophene rings is 1. The lowest BCUT2D eigenvalue weighted by molar-refractivity contribution is 0.587. The Balaban J connectivity index is 2.86. The van der Waals surface area contributed by atoms with E-state index in [1.54, 1.807) is 13.8 Å². The van der Waals surface area contributed by atoms with Crippen molar-refractivity contribution in [3.8, 4) is 0 Å². The molecule has 0 fully saturated rings. The molecule has 16 heavy (non-hydrogen) atoms. The van der Waals surface area contributed by atoms with Crippen LogP contribution in [0.3, 0.4) is 0 Å². The van der Waals surface area contributed by atoms with Crippen LogP contribution in [-0.2, 0) is 16.4 Å². The summed E-state index contributed by atoms with van der Waals surface area (Å²) in [6.07, 6.45) is 1.05. The number of hydrogen-bond donors (Lipinski definition) is 1. The highest BCUT2D eigenvalue weighted by molar-refractivity contribution is 7.94. The molecule has 3 nitrogen and oxygen atoms in total. The van der Waals surface area contributed by atoms with Crippen LogP contribution in [0.1, 0.15) is 32.8 Å². The molecule has 0 aromatic carbocycles. The summed E-state index contributed by atoms with van der Waals surface area (Å²) < 4.78 is 24.6. The normalized spacial score (nSPS) is 12.2. The highest BCUT2D eigenvalue weighted by atomic mass is 32.2.